The van der Waals surface area contributed by atoms with Gasteiger partial charge in [0.05, 0.1) is 0 Å². The van der Waals surface area contributed by atoms with Gasteiger partial charge in [0.1, 0.15) is 0 Å². The number of nitrogens with zero attached hydrogens (tertiary/aromatic N) is 2. The smallest absolute Gasteiger partial charge is 0.221 e. The summed E-state index contributed by atoms with van der Waals surface area (Å²) in [5.41, 5.74) is 2.58. The van der Waals surface area contributed by atoms with Crippen LogP contribution in [0, 0.1) is 0 Å². The molecule has 5 nitrogen and oxygen atoms in total. The van der Waals surface area contributed by atoms with Gasteiger partial charge in [0.25, 0.3) is 0 Å². The molecule has 0 fully saturated rings. The Morgan fingerprint density at radius 2 is 1.83 bits per heavy atom. The van der Waals surface area contributed by atoms with E-state index < -0.39 is 0 Å². The maximum Gasteiger partial charge on any atom is 0.221 e. The molecule has 0 bridgehead atoms. The molecule has 2 N–H and O–H groups in total. The summed E-state index contributed by atoms with van der Waals surface area (Å²) in [6, 6.07) is 8.80. The summed E-state index contributed by atoms with van der Waals surface area (Å²) in [6.45, 7) is 7.43. The van der Waals surface area contributed by atoms with Gasteiger partial charge in [-0.25, -0.2) is 0 Å². The molecule has 1 aromatic carbocycles. The van der Waals surface area contributed by atoms with Gasteiger partial charge in [-0.1, -0.05) is 31.2 Å². The molecular formula is C18H30N4O. The van der Waals surface area contributed by atoms with Crippen LogP contribution < -0.4 is 10.6 Å². The lowest BCUT2D eigenvalue weighted by molar-refractivity contribution is -0.121. The normalized spacial score (nSPS) is 11.5. The third-order valence-electron chi connectivity index (χ3n) is 3.51. The fourth-order valence-electron chi connectivity index (χ4n) is 2.30. The van der Waals surface area contributed by atoms with Gasteiger partial charge in [-0.2, -0.15) is 0 Å². The highest BCUT2D eigenvalue weighted by molar-refractivity contribution is 5.81. The summed E-state index contributed by atoms with van der Waals surface area (Å²) in [5.74, 6) is 0.850. The first-order valence-corrected chi connectivity index (χ1v) is 8.25. The second kappa shape index (κ2) is 9.87. The van der Waals surface area contributed by atoms with Crippen molar-refractivity contribution in [2.45, 2.75) is 46.2 Å². The predicted octanol–water partition coefficient (Wildman–Crippen LogP) is 2.17. The zero-order valence-electron chi connectivity index (χ0n) is 15.0. The van der Waals surface area contributed by atoms with Gasteiger partial charge < -0.3 is 15.5 Å². The Labute approximate surface area is 140 Å². The number of hydrogen-bond donors (Lipinski definition) is 2. The molecule has 23 heavy (non-hydrogen) atoms. The number of benzene rings is 1. The van der Waals surface area contributed by atoms with Crippen molar-refractivity contribution in [3.8, 4) is 0 Å². The summed E-state index contributed by atoms with van der Waals surface area (Å²) in [4.78, 5) is 18.0. The zero-order chi connectivity index (χ0) is 17.2. The van der Waals surface area contributed by atoms with Gasteiger partial charge in [0.2, 0.25) is 5.91 Å². The second-order valence-corrected chi connectivity index (χ2v) is 5.97. The van der Waals surface area contributed by atoms with Crippen molar-refractivity contribution >= 4 is 11.9 Å². The lowest BCUT2D eigenvalue weighted by atomic mass is 10.1. The minimum atomic E-state index is 0.0563. The molecule has 0 aliphatic carbocycles. The molecule has 1 aromatic rings. The highest BCUT2D eigenvalue weighted by Gasteiger charge is 2.08. The third-order valence-corrected chi connectivity index (χ3v) is 3.51. The van der Waals surface area contributed by atoms with Crippen molar-refractivity contribution in [3.63, 3.8) is 0 Å². The van der Waals surface area contributed by atoms with E-state index in [0.29, 0.717) is 13.0 Å². The van der Waals surface area contributed by atoms with Crippen LogP contribution in [-0.2, 0) is 17.8 Å². The summed E-state index contributed by atoms with van der Waals surface area (Å²) in [5, 5.41) is 6.11. The molecule has 5 heteroatoms. The average molecular weight is 318 g/mol. The second-order valence-electron chi connectivity index (χ2n) is 5.97. The first-order valence-electron chi connectivity index (χ1n) is 8.25. The maximum absolute atomic E-state index is 11.6. The molecule has 0 aliphatic heterocycles. The number of guanidine groups is 1. The van der Waals surface area contributed by atoms with E-state index >= 15 is 0 Å². The first kappa shape index (κ1) is 19.0. The number of hydrogen-bond acceptors (Lipinski definition) is 2. The molecule has 0 aromatic heterocycles. The Bertz CT molecular complexity index is 508. The number of rotatable bonds is 7. The van der Waals surface area contributed by atoms with E-state index in [1.165, 1.54) is 11.1 Å². The molecule has 0 heterocycles. The Kier molecular flexibility index (Phi) is 8.16. The monoisotopic (exact) mass is 318 g/mol. The molecule has 128 valence electrons. The van der Waals surface area contributed by atoms with E-state index in [9.17, 15) is 4.79 Å². The van der Waals surface area contributed by atoms with Crippen LogP contribution in [-0.4, -0.2) is 43.4 Å². The Balaban J connectivity index is 2.45. The standard InChI is InChI=1S/C18H30N4O/c1-6-15-7-9-16(10-8-15)13-22(5)18(19-4)20-12-11-17(23)21-14(2)3/h7-10,14H,6,11-13H2,1-5H3,(H,19,20)(H,21,23). The summed E-state index contributed by atoms with van der Waals surface area (Å²) in [6.07, 6.45) is 1.49. The number of aryl methyl sites for hydroxylation is 1. The SMILES string of the molecule is CCc1ccc(CN(C)C(=NC)NCCC(=O)NC(C)C)cc1. The number of carbonyl (C=O) groups is 1. The van der Waals surface area contributed by atoms with Gasteiger partial charge in [-0.15, -0.1) is 0 Å². The lowest BCUT2D eigenvalue weighted by Crippen LogP contribution is -2.40. The number of carbonyl (C=O) groups excluding carboxylic acids is 1. The predicted molar refractivity (Wildman–Crippen MR) is 96.5 cm³/mol. The van der Waals surface area contributed by atoms with E-state index in [0.717, 1.165) is 18.9 Å². The molecular weight excluding hydrogens is 288 g/mol. The van der Waals surface area contributed by atoms with Crippen molar-refractivity contribution in [1.29, 1.82) is 0 Å². The van der Waals surface area contributed by atoms with Crippen molar-refractivity contribution < 1.29 is 4.79 Å². The molecule has 0 radical (unpaired) electrons. The van der Waals surface area contributed by atoms with Gasteiger partial charge in [0, 0.05) is 39.6 Å². The van der Waals surface area contributed by atoms with Crippen molar-refractivity contribution in [2.24, 2.45) is 4.99 Å². The van der Waals surface area contributed by atoms with Crippen LogP contribution in [0.2, 0.25) is 0 Å². The minimum absolute atomic E-state index is 0.0563. The van der Waals surface area contributed by atoms with Crippen LogP contribution in [0.25, 0.3) is 0 Å². The molecule has 0 aliphatic rings. The quantitative estimate of drug-likeness (QED) is 0.598. The van der Waals surface area contributed by atoms with Gasteiger partial charge >= 0.3 is 0 Å². The highest BCUT2D eigenvalue weighted by atomic mass is 16.1. The number of nitrogens with one attached hydrogen (secondary N) is 2. The fourth-order valence-corrected chi connectivity index (χ4v) is 2.30. The molecule has 0 saturated carbocycles. The van der Waals surface area contributed by atoms with E-state index in [2.05, 4.69) is 51.7 Å². The van der Waals surface area contributed by atoms with Crippen LogP contribution in [0.15, 0.2) is 29.3 Å². The first-order chi connectivity index (χ1) is 11.0. The maximum atomic E-state index is 11.6. The summed E-state index contributed by atoms with van der Waals surface area (Å²) >= 11 is 0. The average Bonchev–Trinajstić information content (AvgIpc) is 2.51. The van der Waals surface area contributed by atoms with Gasteiger partial charge in [-0.05, 0) is 31.4 Å². The largest absolute Gasteiger partial charge is 0.356 e. The number of aliphatic imine (C=N–C) groups is 1. The lowest BCUT2D eigenvalue weighted by Gasteiger charge is -2.22. The molecule has 0 unspecified atom stereocenters. The molecule has 0 atom stereocenters. The Morgan fingerprint density at radius 3 is 2.35 bits per heavy atom. The third kappa shape index (κ3) is 7.17. The van der Waals surface area contributed by atoms with Crippen LogP contribution in [0.1, 0.15) is 38.3 Å². The number of amides is 1. The van der Waals surface area contributed by atoms with E-state index in [1.54, 1.807) is 7.05 Å². The molecule has 1 rings (SSSR count). The van der Waals surface area contributed by atoms with E-state index in [4.69, 9.17) is 0 Å². The van der Waals surface area contributed by atoms with Crippen molar-refractivity contribution in [3.05, 3.63) is 35.4 Å². The van der Waals surface area contributed by atoms with Crippen molar-refractivity contribution in [1.82, 2.24) is 15.5 Å². The molecule has 0 spiro atoms. The van der Waals surface area contributed by atoms with E-state index in [1.807, 2.05) is 20.9 Å². The van der Waals surface area contributed by atoms with Crippen LogP contribution in [0.4, 0.5) is 0 Å². The van der Waals surface area contributed by atoms with Gasteiger partial charge in [-0.3, -0.25) is 9.79 Å². The zero-order valence-corrected chi connectivity index (χ0v) is 15.0. The van der Waals surface area contributed by atoms with Crippen LogP contribution in [0.3, 0.4) is 0 Å². The Hall–Kier alpha value is -2.04. The summed E-state index contributed by atoms with van der Waals surface area (Å²) < 4.78 is 0. The minimum Gasteiger partial charge on any atom is -0.356 e. The molecule has 0 saturated heterocycles. The topological polar surface area (TPSA) is 56.7 Å². The highest BCUT2D eigenvalue weighted by Crippen LogP contribution is 2.07. The fraction of sp³-hybridized carbons (Fsp3) is 0.556. The summed E-state index contributed by atoms with van der Waals surface area (Å²) in [7, 11) is 3.75. The van der Waals surface area contributed by atoms with Crippen LogP contribution >= 0.6 is 0 Å². The van der Waals surface area contributed by atoms with Gasteiger partial charge in [0.15, 0.2) is 5.96 Å². The van der Waals surface area contributed by atoms with Crippen molar-refractivity contribution in [2.75, 3.05) is 20.6 Å². The van der Waals surface area contributed by atoms with E-state index in [-0.39, 0.29) is 11.9 Å². The van der Waals surface area contributed by atoms with Crippen LogP contribution in [0.5, 0.6) is 0 Å². The molecule has 1 amide bonds. The Morgan fingerprint density at radius 1 is 1.22 bits per heavy atom.